The number of rotatable bonds is 4. The largest absolute Gasteiger partial charge is 0.435 e. The number of aryl methyl sites for hydroxylation is 1. The van der Waals surface area contributed by atoms with Gasteiger partial charge in [0.05, 0.1) is 0 Å². The van der Waals surface area contributed by atoms with Crippen molar-refractivity contribution in [2.75, 3.05) is 10.6 Å². The molecule has 2 aromatic carbocycles. The van der Waals surface area contributed by atoms with Crippen LogP contribution in [0.1, 0.15) is 5.56 Å². The summed E-state index contributed by atoms with van der Waals surface area (Å²) < 4.78 is 28.4. The van der Waals surface area contributed by atoms with Gasteiger partial charge in [-0.3, -0.25) is 0 Å². The van der Waals surface area contributed by atoms with Crippen LogP contribution in [0.15, 0.2) is 42.5 Å². The fourth-order valence-electron chi connectivity index (χ4n) is 1.73. The molecule has 0 atom stereocenters. The Morgan fingerprint density at radius 3 is 2.45 bits per heavy atom. The molecule has 0 aliphatic rings. The highest BCUT2D eigenvalue weighted by molar-refractivity contribution is 7.80. The zero-order valence-electron chi connectivity index (χ0n) is 11.6. The van der Waals surface area contributed by atoms with E-state index >= 15 is 0 Å². The summed E-state index contributed by atoms with van der Waals surface area (Å²) in [5.41, 5.74) is 2.44. The molecule has 0 aliphatic heterocycles. The van der Waals surface area contributed by atoms with Crippen molar-refractivity contribution in [2.45, 2.75) is 13.5 Å². The number of hydrogen-bond acceptors (Lipinski definition) is 2. The van der Waals surface area contributed by atoms with Gasteiger partial charge in [-0.1, -0.05) is 17.7 Å². The molecular formula is C15H13ClF2N2OS. The average Bonchev–Trinajstić information content (AvgIpc) is 2.44. The zero-order valence-corrected chi connectivity index (χ0v) is 13.1. The maximum absolute atomic E-state index is 12.1. The third-order valence-corrected chi connectivity index (χ3v) is 3.22. The molecule has 0 aliphatic carbocycles. The van der Waals surface area contributed by atoms with E-state index in [0.29, 0.717) is 15.8 Å². The van der Waals surface area contributed by atoms with Gasteiger partial charge in [0.2, 0.25) is 0 Å². The SMILES string of the molecule is Cc1ccc(Cl)cc1NC(=S)Nc1ccc(OC(F)F)cc1. The van der Waals surface area contributed by atoms with Gasteiger partial charge in [-0.2, -0.15) is 8.78 Å². The van der Waals surface area contributed by atoms with E-state index in [0.717, 1.165) is 11.3 Å². The Hall–Kier alpha value is -1.92. The molecule has 116 valence electrons. The maximum atomic E-state index is 12.1. The molecule has 0 aromatic heterocycles. The number of thiocarbonyl (C=S) groups is 1. The van der Waals surface area contributed by atoms with Gasteiger partial charge in [-0.05, 0) is 61.1 Å². The second-order valence-electron chi connectivity index (χ2n) is 4.44. The van der Waals surface area contributed by atoms with Gasteiger partial charge in [-0.15, -0.1) is 0 Å². The number of hydrogen-bond donors (Lipinski definition) is 2. The summed E-state index contributed by atoms with van der Waals surface area (Å²) in [6, 6.07) is 11.5. The lowest BCUT2D eigenvalue weighted by Crippen LogP contribution is -2.19. The van der Waals surface area contributed by atoms with Crippen LogP contribution in [0.4, 0.5) is 20.2 Å². The average molecular weight is 343 g/mol. The summed E-state index contributed by atoms with van der Waals surface area (Å²) in [5.74, 6) is 0.0881. The van der Waals surface area contributed by atoms with Crippen molar-refractivity contribution in [1.29, 1.82) is 0 Å². The monoisotopic (exact) mass is 342 g/mol. The summed E-state index contributed by atoms with van der Waals surface area (Å²) in [6.07, 6.45) is 0. The minimum atomic E-state index is -2.84. The maximum Gasteiger partial charge on any atom is 0.387 e. The fraction of sp³-hybridized carbons (Fsp3) is 0.133. The predicted molar refractivity (Wildman–Crippen MR) is 89.1 cm³/mol. The topological polar surface area (TPSA) is 33.3 Å². The number of anilines is 2. The van der Waals surface area contributed by atoms with Crippen LogP contribution in [0.5, 0.6) is 5.75 Å². The number of benzene rings is 2. The number of halogens is 3. The van der Waals surface area contributed by atoms with Gasteiger partial charge >= 0.3 is 6.61 Å². The molecule has 2 N–H and O–H groups in total. The molecule has 0 saturated heterocycles. The van der Waals surface area contributed by atoms with E-state index in [9.17, 15) is 8.78 Å². The minimum absolute atomic E-state index is 0.0881. The Bertz CT molecular complexity index is 665. The van der Waals surface area contributed by atoms with Gasteiger partial charge < -0.3 is 15.4 Å². The van der Waals surface area contributed by atoms with E-state index in [1.165, 1.54) is 12.1 Å². The van der Waals surface area contributed by atoms with Crippen molar-refractivity contribution >= 4 is 40.3 Å². The molecule has 0 amide bonds. The van der Waals surface area contributed by atoms with Crippen molar-refractivity contribution < 1.29 is 13.5 Å². The molecule has 0 heterocycles. The fourth-order valence-corrected chi connectivity index (χ4v) is 2.13. The van der Waals surface area contributed by atoms with E-state index in [2.05, 4.69) is 15.4 Å². The first-order valence-electron chi connectivity index (χ1n) is 6.33. The van der Waals surface area contributed by atoms with Crippen molar-refractivity contribution in [1.82, 2.24) is 0 Å². The summed E-state index contributed by atoms with van der Waals surface area (Å²) in [6.45, 7) is -0.912. The van der Waals surface area contributed by atoms with Crippen LogP contribution in [0.3, 0.4) is 0 Å². The second kappa shape index (κ2) is 7.38. The first-order chi connectivity index (χ1) is 10.4. The van der Waals surface area contributed by atoms with Crippen LogP contribution in [-0.4, -0.2) is 11.7 Å². The van der Waals surface area contributed by atoms with Crippen LogP contribution >= 0.6 is 23.8 Å². The van der Waals surface area contributed by atoms with Gasteiger partial charge in [0.25, 0.3) is 0 Å². The van der Waals surface area contributed by atoms with Gasteiger partial charge in [0.15, 0.2) is 5.11 Å². The Balaban J connectivity index is 1.98. The van der Waals surface area contributed by atoms with Gasteiger partial charge in [0, 0.05) is 16.4 Å². The summed E-state index contributed by atoms with van der Waals surface area (Å²) >= 11 is 11.1. The smallest absolute Gasteiger partial charge is 0.387 e. The molecule has 22 heavy (non-hydrogen) atoms. The highest BCUT2D eigenvalue weighted by Crippen LogP contribution is 2.21. The predicted octanol–water partition coefficient (Wildman–Crippen LogP) is 5.06. The van der Waals surface area contributed by atoms with E-state index in [1.54, 1.807) is 24.3 Å². The Labute approximate surface area is 137 Å². The van der Waals surface area contributed by atoms with Crippen molar-refractivity contribution in [3.05, 3.63) is 53.1 Å². The first kappa shape index (κ1) is 16.5. The standard InChI is InChI=1S/C15H13ClF2N2OS/c1-9-2-3-10(16)8-13(9)20-15(22)19-11-4-6-12(7-5-11)21-14(17)18/h2-8,14H,1H3,(H2,19,20,22). The highest BCUT2D eigenvalue weighted by Gasteiger charge is 2.05. The lowest BCUT2D eigenvalue weighted by Gasteiger charge is -2.13. The zero-order chi connectivity index (χ0) is 16.1. The van der Waals surface area contributed by atoms with E-state index in [1.807, 2.05) is 13.0 Å². The third kappa shape index (κ3) is 4.82. The van der Waals surface area contributed by atoms with Crippen molar-refractivity contribution in [3.8, 4) is 5.75 Å². The molecule has 0 fully saturated rings. The molecule has 2 aromatic rings. The van der Waals surface area contributed by atoms with Crippen LogP contribution < -0.4 is 15.4 Å². The number of ether oxygens (including phenoxy) is 1. The number of nitrogens with one attached hydrogen (secondary N) is 2. The molecular weight excluding hydrogens is 330 g/mol. The van der Waals surface area contributed by atoms with E-state index in [4.69, 9.17) is 23.8 Å². The second-order valence-corrected chi connectivity index (χ2v) is 5.29. The van der Waals surface area contributed by atoms with Gasteiger partial charge in [0.1, 0.15) is 5.75 Å². The molecule has 2 rings (SSSR count). The summed E-state index contributed by atoms with van der Waals surface area (Å²) in [4.78, 5) is 0. The molecule has 0 radical (unpaired) electrons. The van der Waals surface area contributed by atoms with Gasteiger partial charge in [-0.25, -0.2) is 0 Å². The Morgan fingerprint density at radius 1 is 1.14 bits per heavy atom. The van der Waals surface area contributed by atoms with Crippen LogP contribution in [0, 0.1) is 6.92 Å². The quantitative estimate of drug-likeness (QED) is 0.761. The van der Waals surface area contributed by atoms with E-state index < -0.39 is 6.61 Å². The summed E-state index contributed by atoms with van der Waals surface area (Å²) in [7, 11) is 0. The lowest BCUT2D eigenvalue weighted by atomic mass is 10.2. The van der Waals surface area contributed by atoms with Crippen LogP contribution in [-0.2, 0) is 0 Å². The molecule has 7 heteroatoms. The third-order valence-electron chi connectivity index (χ3n) is 2.79. The molecule has 0 unspecified atom stereocenters. The number of alkyl halides is 2. The van der Waals surface area contributed by atoms with Crippen LogP contribution in [0.25, 0.3) is 0 Å². The van der Waals surface area contributed by atoms with E-state index in [-0.39, 0.29) is 5.75 Å². The van der Waals surface area contributed by atoms with Crippen LogP contribution in [0.2, 0.25) is 5.02 Å². The molecule has 0 bridgehead atoms. The highest BCUT2D eigenvalue weighted by atomic mass is 35.5. The lowest BCUT2D eigenvalue weighted by molar-refractivity contribution is -0.0498. The van der Waals surface area contributed by atoms with Crippen molar-refractivity contribution in [2.24, 2.45) is 0 Å². The molecule has 3 nitrogen and oxygen atoms in total. The Morgan fingerprint density at radius 2 is 1.82 bits per heavy atom. The normalized spacial score (nSPS) is 10.4. The Kier molecular flexibility index (Phi) is 5.51. The molecule has 0 spiro atoms. The first-order valence-corrected chi connectivity index (χ1v) is 7.11. The summed E-state index contributed by atoms with van der Waals surface area (Å²) in [5, 5.41) is 6.95. The minimum Gasteiger partial charge on any atom is -0.435 e. The molecule has 0 saturated carbocycles. The van der Waals surface area contributed by atoms with Crippen molar-refractivity contribution in [3.63, 3.8) is 0 Å².